The van der Waals surface area contributed by atoms with Crippen molar-refractivity contribution in [1.29, 1.82) is 0 Å². The van der Waals surface area contributed by atoms with Gasteiger partial charge < -0.3 is 13.9 Å². The van der Waals surface area contributed by atoms with Crippen molar-refractivity contribution < 1.29 is 13.8 Å². The molecule has 26 heavy (non-hydrogen) atoms. The Balaban J connectivity index is 1.36. The lowest BCUT2D eigenvalue weighted by atomic mass is 10.2. The topological polar surface area (TPSA) is 88.5 Å². The Morgan fingerprint density at radius 1 is 1.15 bits per heavy atom. The zero-order chi connectivity index (χ0) is 17.9. The van der Waals surface area contributed by atoms with E-state index in [-0.39, 0.29) is 5.91 Å². The van der Waals surface area contributed by atoms with E-state index in [9.17, 15) is 4.79 Å². The third-order valence-corrected chi connectivity index (χ3v) is 4.39. The molecule has 0 atom stereocenters. The highest BCUT2D eigenvalue weighted by Crippen LogP contribution is 2.20. The summed E-state index contributed by atoms with van der Waals surface area (Å²) in [5.74, 6) is 1.28. The van der Waals surface area contributed by atoms with E-state index in [1.54, 1.807) is 23.4 Å². The second kappa shape index (κ2) is 7.09. The highest BCUT2D eigenvalue weighted by molar-refractivity contribution is 5.93. The highest BCUT2D eigenvalue weighted by Gasteiger charge is 2.25. The summed E-state index contributed by atoms with van der Waals surface area (Å²) < 4.78 is 10.6. The molecule has 134 valence electrons. The van der Waals surface area contributed by atoms with Gasteiger partial charge in [0.15, 0.2) is 17.2 Å². The van der Waals surface area contributed by atoms with Crippen molar-refractivity contribution >= 4 is 5.91 Å². The van der Waals surface area contributed by atoms with Crippen molar-refractivity contribution in [2.45, 2.75) is 13.5 Å². The lowest BCUT2D eigenvalue weighted by Gasteiger charge is -2.33. The van der Waals surface area contributed by atoms with Gasteiger partial charge in [0, 0.05) is 56.3 Å². The van der Waals surface area contributed by atoms with Crippen molar-refractivity contribution in [2.75, 3.05) is 26.2 Å². The molecular weight excluding hydrogens is 334 g/mol. The zero-order valence-electron chi connectivity index (χ0n) is 14.5. The molecule has 0 unspecified atom stereocenters. The lowest BCUT2D eigenvalue weighted by molar-refractivity contribution is 0.0607. The second-order valence-corrected chi connectivity index (χ2v) is 6.32. The molecule has 1 fully saturated rings. The first kappa shape index (κ1) is 16.5. The Morgan fingerprint density at radius 2 is 2.00 bits per heavy atom. The SMILES string of the molecule is Cc1cc(CN2CCN(C(=O)c3cc(-c4cccnc4)on3)CC2)on1. The molecule has 3 aromatic heterocycles. The number of aryl methyl sites for hydroxylation is 1. The average Bonchev–Trinajstić information content (AvgIpc) is 3.32. The fourth-order valence-electron chi connectivity index (χ4n) is 3.00. The molecule has 3 aromatic rings. The predicted octanol–water partition coefficient (Wildman–Crippen LogP) is 1.99. The minimum Gasteiger partial charge on any atom is -0.360 e. The van der Waals surface area contributed by atoms with E-state index in [1.807, 2.05) is 25.1 Å². The van der Waals surface area contributed by atoms with Crippen LogP contribution >= 0.6 is 0 Å². The van der Waals surface area contributed by atoms with Crippen LogP contribution < -0.4 is 0 Å². The number of hydrogen-bond acceptors (Lipinski definition) is 7. The average molecular weight is 353 g/mol. The Kier molecular flexibility index (Phi) is 4.49. The molecule has 0 N–H and O–H groups in total. The summed E-state index contributed by atoms with van der Waals surface area (Å²) in [5.41, 5.74) is 2.00. The first-order chi connectivity index (χ1) is 12.7. The first-order valence-corrected chi connectivity index (χ1v) is 8.50. The van der Waals surface area contributed by atoms with Gasteiger partial charge in [0.05, 0.1) is 12.2 Å². The maximum Gasteiger partial charge on any atom is 0.276 e. The highest BCUT2D eigenvalue weighted by atomic mass is 16.5. The number of carbonyl (C=O) groups excluding carboxylic acids is 1. The van der Waals surface area contributed by atoms with Gasteiger partial charge in [-0.1, -0.05) is 10.3 Å². The van der Waals surface area contributed by atoms with Gasteiger partial charge >= 0.3 is 0 Å². The summed E-state index contributed by atoms with van der Waals surface area (Å²) in [4.78, 5) is 20.7. The van der Waals surface area contributed by atoms with Crippen LogP contribution in [0.15, 0.2) is 45.7 Å². The molecule has 1 aliphatic heterocycles. The van der Waals surface area contributed by atoms with Crippen LogP contribution in [0.2, 0.25) is 0 Å². The van der Waals surface area contributed by atoms with Gasteiger partial charge in [0.1, 0.15) is 0 Å². The van der Waals surface area contributed by atoms with Crippen LogP contribution in [0.3, 0.4) is 0 Å². The van der Waals surface area contributed by atoms with Gasteiger partial charge in [-0.2, -0.15) is 0 Å². The molecule has 0 bridgehead atoms. The van der Waals surface area contributed by atoms with Crippen molar-refractivity contribution in [3.05, 3.63) is 53.8 Å². The third kappa shape index (κ3) is 3.50. The number of amides is 1. The quantitative estimate of drug-likeness (QED) is 0.708. The number of hydrogen-bond donors (Lipinski definition) is 0. The molecule has 8 heteroatoms. The van der Waals surface area contributed by atoms with Gasteiger partial charge in [0.25, 0.3) is 5.91 Å². The predicted molar refractivity (Wildman–Crippen MR) is 92.2 cm³/mol. The molecule has 0 saturated carbocycles. The molecule has 1 aliphatic rings. The standard InChI is InChI=1S/C18H19N5O3/c1-13-9-15(25-20-13)12-22-5-7-23(8-6-22)18(24)16-10-17(26-21-16)14-3-2-4-19-11-14/h2-4,9-11H,5-8,12H2,1H3. The van der Waals surface area contributed by atoms with Crippen LogP contribution in [0.5, 0.6) is 0 Å². The van der Waals surface area contributed by atoms with Crippen LogP contribution in [-0.2, 0) is 6.54 Å². The summed E-state index contributed by atoms with van der Waals surface area (Å²) in [5, 5.41) is 7.83. The molecule has 1 amide bonds. The number of carbonyl (C=O) groups is 1. The van der Waals surface area contributed by atoms with E-state index in [1.165, 1.54) is 0 Å². The minimum atomic E-state index is -0.112. The maximum absolute atomic E-state index is 12.7. The van der Waals surface area contributed by atoms with E-state index in [0.29, 0.717) is 31.1 Å². The molecule has 8 nitrogen and oxygen atoms in total. The number of piperazine rings is 1. The number of aromatic nitrogens is 3. The molecule has 0 aromatic carbocycles. The molecule has 0 radical (unpaired) electrons. The normalized spacial score (nSPS) is 15.3. The largest absolute Gasteiger partial charge is 0.360 e. The summed E-state index contributed by atoms with van der Waals surface area (Å²) in [6.07, 6.45) is 3.37. The van der Waals surface area contributed by atoms with Crippen LogP contribution in [-0.4, -0.2) is 57.2 Å². The molecule has 1 saturated heterocycles. The van der Waals surface area contributed by atoms with Crippen molar-refractivity contribution in [2.24, 2.45) is 0 Å². The Morgan fingerprint density at radius 3 is 2.69 bits per heavy atom. The van der Waals surface area contributed by atoms with Crippen LogP contribution in [0.25, 0.3) is 11.3 Å². The Hall–Kier alpha value is -3.00. The summed E-state index contributed by atoms with van der Waals surface area (Å²) in [7, 11) is 0. The fourth-order valence-corrected chi connectivity index (χ4v) is 3.00. The lowest BCUT2D eigenvalue weighted by Crippen LogP contribution is -2.48. The van der Waals surface area contributed by atoms with Crippen LogP contribution in [0, 0.1) is 6.92 Å². The Bertz CT molecular complexity index is 881. The minimum absolute atomic E-state index is 0.112. The fraction of sp³-hybridized carbons (Fsp3) is 0.333. The molecule has 0 aliphatic carbocycles. The van der Waals surface area contributed by atoms with Crippen LogP contribution in [0.1, 0.15) is 21.9 Å². The van der Waals surface area contributed by atoms with E-state index in [4.69, 9.17) is 9.05 Å². The van der Waals surface area contributed by atoms with Gasteiger partial charge in [-0.25, -0.2) is 0 Å². The van der Waals surface area contributed by atoms with Gasteiger partial charge in [-0.15, -0.1) is 0 Å². The van der Waals surface area contributed by atoms with E-state index < -0.39 is 0 Å². The number of pyridine rings is 1. The second-order valence-electron chi connectivity index (χ2n) is 6.32. The summed E-state index contributed by atoms with van der Waals surface area (Å²) in [6.45, 7) is 5.44. The van der Waals surface area contributed by atoms with Gasteiger partial charge in [-0.3, -0.25) is 14.7 Å². The third-order valence-electron chi connectivity index (χ3n) is 4.39. The van der Waals surface area contributed by atoms with Crippen molar-refractivity contribution in [3.63, 3.8) is 0 Å². The van der Waals surface area contributed by atoms with Crippen molar-refractivity contribution in [1.82, 2.24) is 25.1 Å². The first-order valence-electron chi connectivity index (χ1n) is 8.50. The van der Waals surface area contributed by atoms with Gasteiger partial charge in [-0.05, 0) is 19.1 Å². The van der Waals surface area contributed by atoms with E-state index >= 15 is 0 Å². The van der Waals surface area contributed by atoms with Crippen LogP contribution in [0.4, 0.5) is 0 Å². The Labute approximate surface area is 150 Å². The maximum atomic E-state index is 12.7. The number of rotatable bonds is 4. The molecule has 4 heterocycles. The number of nitrogens with zero attached hydrogens (tertiary/aromatic N) is 5. The van der Waals surface area contributed by atoms with E-state index in [2.05, 4.69) is 20.2 Å². The zero-order valence-corrected chi connectivity index (χ0v) is 14.5. The molecule has 0 spiro atoms. The molecule has 4 rings (SSSR count). The van der Waals surface area contributed by atoms with Gasteiger partial charge in [0.2, 0.25) is 0 Å². The summed E-state index contributed by atoms with van der Waals surface area (Å²) in [6, 6.07) is 7.29. The van der Waals surface area contributed by atoms with Crippen molar-refractivity contribution in [3.8, 4) is 11.3 Å². The molecular formula is C18H19N5O3. The monoisotopic (exact) mass is 353 g/mol. The van der Waals surface area contributed by atoms with E-state index in [0.717, 1.165) is 30.1 Å². The summed E-state index contributed by atoms with van der Waals surface area (Å²) >= 11 is 0. The smallest absolute Gasteiger partial charge is 0.276 e.